The van der Waals surface area contributed by atoms with Gasteiger partial charge in [-0.3, -0.25) is 9.88 Å². The van der Waals surface area contributed by atoms with Crippen molar-refractivity contribution < 1.29 is 10.2 Å². The van der Waals surface area contributed by atoms with Crippen molar-refractivity contribution in [1.29, 1.82) is 0 Å². The van der Waals surface area contributed by atoms with Crippen molar-refractivity contribution in [3.8, 4) is 0 Å². The molecule has 1 rings (SSSR count). The quantitative estimate of drug-likeness (QED) is 0.690. The number of rotatable bonds is 8. The van der Waals surface area contributed by atoms with E-state index in [0.717, 1.165) is 25.0 Å². The standard InChI is InChI=1S/C14H24N2O2/c1-12(14-8-3-5-9-15-14)16(2)11-13(18)7-4-6-10-17/h3,5,8-9,12-13,17-18H,4,6-7,10-11H2,1-2H3. The minimum Gasteiger partial charge on any atom is -0.396 e. The zero-order valence-electron chi connectivity index (χ0n) is 11.3. The highest BCUT2D eigenvalue weighted by Gasteiger charge is 2.15. The number of unbranched alkanes of at least 4 members (excludes halogenated alkanes) is 1. The SMILES string of the molecule is CC(c1ccccn1)N(C)CC(O)CCCCO. The van der Waals surface area contributed by atoms with Crippen molar-refractivity contribution in [3.05, 3.63) is 30.1 Å². The van der Waals surface area contributed by atoms with Gasteiger partial charge in [0.25, 0.3) is 0 Å². The molecule has 2 atom stereocenters. The lowest BCUT2D eigenvalue weighted by Crippen LogP contribution is -2.31. The van der Waals surface area contributed by atoms with Gasteiger partial charge in [-0.2, -0.15) is 0 Å². The fourth-order valence-electron chi connectivity index (χ4n) is 1.92. The second-order valence-electron chi connectivity index (χ2n) is 4.74. The first-order chi connectivity index (χ1) is 8.65. The zero-order chi connectivity index (χ0) is 13.4. The first-order valence-electron chi connectivity index (χ1n) is 6.55. The summed E-state index contributed by atoms with van der Waals surface area (Å²) in [6, 6.07) is 6.07. The molecule has 1 aromatic heterocycles. The van der Waals surface area contributed by atoms with Crippen molar-refractivity contribution >= 4 is 0 Å². The first-order valence-corrected chi connectivity index (χ1v) is 6.55. The van der Waals surface area contributed by atoms with E-state index in [4.69, 9.17) is 5.11 Å². The molecule has 0 spiro atoms. The Labute approximate surface area is 109 Å². The molecule has 0 aromatic carbocycles. The number of nitrogens with zero attached hydrogens (tertiary/aromatic N) is 2. The number of aliphatic hydroxyl groups is 2. The van der Waals surface area contributed by atoms with Gasteiger partial charge in [-0.25, -0.2) is 0 Å². The Morgan fingerprint density at radius 3 is 2.72 bits per heavy atom. The fraction of sp³-hybridized carbons (Fsp3) is 0.643. The van der Waals surface area contributed by atoms with Gasteiger partial charge in [0.1, 0.15) is 0 Å². The van der Waals surface area contributed by atoms with Gasteiger partial charge in [0, 0.05) is 25.4 Å². The van der Waals surface area contributed by atoms with Crippen LogP contribution >= 0.6 is 0 Å². The van der Waals surface area contributed by atoms with E-state index < -0.39 is 0 Å². The van der Waals surface area contributed by atoms with Crippen molar-refractivity contribution in [1.82, 2.24) is 9.88 Å². The van der Waals surface area contributed by atoms with Crippen LogP contribution in [0.4, 0.5) is 0 Å². The van der Waals surface area contributed by atoms with Crippen LogP contribution in [-0.2, 0) is 0 Å². The summed E-state index contributed by atoms with van der Waals surface area (Å²) in [4.78, 5) is 6.43. The Balaban J connectivity index is 2.37. The maximum absolute atomic E-state index is 9.90. The molecular formula is C14H24N2O2. The number of hydrogen-bond acceptors (Lipinski definition) is 4. The molecule has 1 aromatic rings. The number of pyridine rings is 1. The second-order valence-corrected chi connectivity index (χ2v) is 4.74. The Kier molecular flexibility index (Phi) is 6.86. The van der Waals surface area contributed by atoms with E-state index in [1.165, 1.54) is 0 Å². The molecule has 18 heavy (non-hydrogen) atoms. The first kappa shape index (κ1) is 15.1. The van der Waals surface area contributed by atoms with Gasteiger partial charge >= 0.3 is 0 Å². The van der Waals surface area contributed by atoms with Crippen LogP contribution in [0.15, 0.2) is 24.4 Å². The molecule has 0 amide bonds. The van der Waals surface area contributed by atoms with Gasteiger partial charge in [0.05, 0.1) is 11.8 Å². The number of hydrogen-bond donors (Lipinski definition) is 2. The molecule has 0 bridgehead atoms. The van der Waals surface area contributed by atoms with Crippen LogP contribution < -0.4 is 0 Å². The molecule has 0 radical (unpaired) electrons. The predicted octanol–water partition coefficient (Wildman–Crippen LogP) is 1.60. The summed E-state index contributed by atoms with van der Waals surface area (Å²) < 4.78 is 0. The number of aromatic nitrogens is 1. The minimum absolute atomic E-state index is 0.193. The van der Waals surface area contributed by atoms with E-state index in [1.54, 1.807) is 6.20 Å². The third-order valence-electron chi connectivity index (χ3n) is 3.22. The molecule has 0 aliphatic carbocycles. The van der Waals surface area contributed by atoms with Crippen LogP contribution in [0, 0.1) is 0 Å². The minimum atomic E-state index is -0.340. The highest BCUT2D eigenvalue weighted by Crippen LogP contribution is 2.16. The molecule has 4 heteroatoms. The fourth-order valence-corrected chi connectivity index (χ4v) is 1.92. The van der Waals surface area contributed by atoms with Crippen LogP contribution in [-0.4, -0.2) is 46.4 Å². The summed E-state index contributed by atoms with van der Waals surface area (Å²) in [5.41, 5.74) is 1.02. The molecule has 0 saturated carbocycles. The maximum atomic E-state index is 9.90. The third-order valence-corrected chi connectivity index (χ3v) is 3.22. The van der Waals surface area contributed by atoms with Crippen LogP contribution in [0.25, 0.3) is 0 Å². The lowest BCUT2D eigenvalue weighted by molar-refractivity contribution is 0.0965. The monoisotopic (exact) mass is 252 g/mol. The summed E-state index contributed by atoms with van der Waals surface area (Å²) in [7, 11) is 1.99. The topological polar surface area (TPSA) is 56.6 Å². The van der Waals surface area contributed by atoms with Crippen molar-refractivity contribution in [2.45, 2.75) is 38.3 Å². The van der Waals surface area contributed by atoms with E-state index in [9.17, 15) is 5.11 Å². The normalized spacial score (nSPS) is 14.7. The maximum Gasteiger partial charge on any atom is 0.0667 e. The molecule has 2 N–H and O–H groups in total. The molecule has 4 nitrogen and oxygen atoms in total. The lowest BCUT2D eigenvalue weighted by atomic mass is 10.1. The van der Waals surface area contributed by atoms with Crippen molar-refractivity contribution in [3.63, 3.8) is 0 Å². The van der Waals surface area contributed by atoms with Crippen LogP contribution in [0.1, 0.15) is 37.9 Å². The Bertz CT molecular complexity index is 319. The van der Waals surface area contributed by atoms with Gasteiger partial charge in [-0.15, -0.1) is 0 Å². The summed E-state index contributed by atoms with van der Waals surface area (Å²) in [5.74, 6) is 0. The average molecular weight is 252 g/mol. The molecule has 1 heterocycles. The third kappa shape index (κ3) is 5.12. The summed E-state index contributed by atoms with van der Waals surface area (Å²) in [5, 5.41) is 18.6. The molecule has 2 unspecified atom stereocenters. The second kappa shape index (κ2) is 8.19. The zero-order valence-corrected chi connectivity index (χ0v) is 11.3. The average Bonchev–Trinajstić information content (AvgIpc) is 2.39. The van der Waals surface area contributed by atoms with Crippen LogP contribution in [0.2, 0.25) is 0 Å². The lowest BCUT2D eigenvalue weighted by Gasteiger charge is -2.26. The smallest absolute Gasteiger partial charge is 0.0667 e. The van der Waals surface area contributed by atoms with Crippen molar-refractivity contribution in [2.24, 2.45) is 0 Å². The molecule has 0 fully saturated rings. The summed E-state index contributed by atoms with van der Waals surface area (Å²) >= 11 is 0. The molecule has 0 aliphatic heterocycles. The highest BCUT2D eigenvalue weighted by molar-refractivity contribution is 5.07. The Morgan fingerprint density at radius 2 is 2.11 bits per heavy atom. The summed E-state index contributed by atoms with van der Waals surface area (Å²) in [6.45, 7) is 2.92. The van der Waals surface area contributed by atoms with Gasteiger partial charge in [-0.1, -0.05) is 6.07 Å². The van der Waals surface area contributed by atoms with Gasteiger partial charge < -0.3 is 10.2 Å². The van der Waals surface area contributed by atoms with E-state index >= 15 is 0 Å². The number of likely N-dealkylation sites (N-methyl/N-ethyl adjacent to an activating group) is 1. The molecule has 102 valence electrons. The van der Waals surface area contributed by atoms with E-state index in [1.807, 2.05) is 25.2 Å². The largest absolute Gasteiger partial charge is 0.396 e. The van der Waals surface area contributed by atoms with Gasteiger partial charge in [0.2, 0.25) is 0 Å². The molecule has 0 aliphatic rings. The van der Waals surface area contributed by atoms with E-state index in [0.29, 0.717) is 6.54 Å². The van der Waals surface area contributed by atoms with Gasteiger partial charge in [-0.05, 0) is 45.4 Å². The number of aliphatic hydroxyl groups excluding tert-OH is 2. The van der Waals surface area contributed by atoms with Gasteiger partial charge in [0.15, 0.2) is 0 Å². The predicted molar refractivity (Wildman–Crippen MR) is 72.2 cm³/mol. The molecule has 0 saturated heterocycles. The molecular weight excluding hydrogens is 228 g/mol. The van der Waals surface area contributed by atoms with E-state index in [2.05, 4.69) is 16.8 Å². The Morgan fingerprint density at radius 1 is 1.33 bits per heavy atom. The Hall–Kier alpha value is -0.970. The van der Waals surface area contributed by atoms with Crippen LogP contribution in [0.5, 0.6) is 0 Å². The van der Waals surface area contributed by atoms with E-state index in [-0.39, 0.29) is 18.8 Å². The van der Waals surface area contributed by atoms with Crippen molar-refractivity contribution in [2.75, 3.05) is 20.2 Å². The summed E-state index contributed by atoms with van der Waals surface area (Å²) in [6.07, 6.45) is 3.81. The van der Waals surface area contributed by atoms with Crippen LogP contribution in [0.3, 0.4) is 0 Å². The highest BCUT2D eigenvalue weighted by atomic mass is 16.3.